The molecule has 5 heterocycles. The van der Waals surface area contributed by atoms with E-state index in [4.69, 9.17) is 27.9 Å². The highest BCUT2D eigenvalue weighted by molar-refractivity contribution is 6.28. The molecule has 0 fully saturated rings. The molecular formula is C29H36Cl2N8O5. The normalized spacial score (nSPS) is 15.5. The Morgan fingerprint density at radius 2 is 1.66 bits per heavy atom. The van der Waals surface area contributed by atoms with Crippen molar-refractivity contribution in [2.45, 2.75) is 79.2 Å². The van der Waals surface area contributed by atoms with Crippen molar-refractivity contribution in [1.29, 1.82) is 0 Å². The third-order valence-corrected chi connectivity index (χ3v) is 7.41. The number of carboxylic acids is 1. The molecule has 3 N–H and O–H groups in total. The van der Waals surface area contributed by atoms with E-state index < -0.39 is 17.7 Å². The number of nitrogens with one attached hydrogen (secondary N) is 2. The van der Waals surface area contributed by atoms with Gasteiger partial charge < -0.3 is 29.6 Å². The lowest BCUT2D eigenvalue weighted by Crippen LogP contribution is -2.46. The molecule has 0 aliphatic carbocycles. The van der Waals surface area contributed by atoms with Crippen molar-refractivity contribution in [3.8, 4) is 0 Å². The van der Waals surface area contributed by atoms with Gasteiger partial charge in [-0.3, -0.25) is 4.79 Å². The largest absolute Gasteiger partial charge is 0.477 e. The maximum Gasteiger partial charge on any atom is 0.407 e. The number of hydrogen-bond donors (Lipinski definition) is 3. The highest BCUT2D eigenvalue weighted by Gasteiger charge is 2.29. The number of carbonyl (C=O) groups excluding carboxylic acids is 2. The molecule has 1 aliphatic rings. The Kier molecular flexibility index (Phi) is 9.69. The summed E-state index contributed by atoms with van der Waals surface area (Å²) in [6.07, 6.45) is 2.56. The summed E-state index contributed by atoms with van der Waals surface area (Å²) >= 11 is 11.7. The van der Waals surface area contributed by atoms with Gasteiger partial charge in [0.25, 0.3) is 5.91 Å². The maximum absolute atomic E-state index is 12.1. The Morgan fingerprint density at radius 1 is 1.07 bits per heavy atom. The zero-order chi connectivity index (χ0) is 32.5. The van der Waals surface area contributed by atoms with Crippen molar-refractivity contribution in [2.24, 2.45) is 11.8 Å². The second-order valence-electron chi connectivity index (χ2n) is 12.2. The topological polar surface area (TPSA) is 166 Å². The summed E-state index contributed by atoms with van der Waals surface area (Å²) in [5.74, 6) is -0.760. The van der Waals surface area contributed by atoms with E-state index in [1.54, 1.807) is 33.0 Å². The number of aromatic carboxylic acids is 1. The number of aromatic nitrogens is 6. The highest BCUT2D eigenvalue weighted by Crippen LogP contribution is 2.24. The highest BCUT2D eigenvalue weighted by atomic mass is 35.5. The number of halogens is 2. The fourth-order valence-corrected chi connectivity index (χ4v) is 4.97. The van der Waals surface area contributed by atoms with Crippen LogP contribution in [0, 0.1) is 11.8 Å². The minimum Gasteiger partial charge on any atom is -0.477 e. The van der Waals surface area contributed by atoms with Crippen LogP contribution in [-0.2, 0) is 17.8 Å². The van der Waals surface area contributed by atoms with E-state index in [0.29, 0.717) is 22.6 Å². The predicted octanol–water partition coefficient (Wildman–Crippen LogP) is 5.18. The molecule has 1 aliphatic heterocycles. The van der Waals surface area contributed by atoms with Crippen molar-refractivity contribution in [3.05, 3.63) is 46.5 Å². The zero-order valence-electron chi connectivity index (χ0n) is 25.6. The first-order valence-electron chi connectivity index (χ1n) is 14.1. The van der Waals surface area contributed by atoms with Gasteiger partial charge >= 0.3 is 12.1 Å². The van der Waals surface area contributed by atoms with Gasteiger partial charge in [-0.25, -0.2) is 19.6 Å². The summed E-state index contributed by atoms with van der Waals surface area (Å²) in [7, 11) is 0. The number of carbonyl (C=O) groups is 3. The fourth-order valence-electron chi connectivity index (χ4n) is 4.71. The number of rotatable bonds is 6. The molecule has 236 valence electrons. The molecule has 5 rings (SSSR count). The molecule has 0 saturated carbocycles. The molecular weight excluding hydrogens is 611 g/mol. The van der Waals surface area contributed by atoms with Crippen molar-refractivity contribution in [2.75, 3.05) is 0 Å². The van der Waals surface area contributed by atoms with E-state index in [1.807, 2.05) is 18.4 Å². The molecule has 13 nitrogen and oxygen atoms in total. The first kappa shape index (κ1) is 32.9. The van der Waals surface area contributed by atoms with E-state index in [0.717, 1.165) is 17.6 Å². The molecule has 0 radical (unpaired) electrons. The molecule has 0 unspecified atom stereocenters. The molecule has 2 amide bonds. The van der Waals surface area contributed by atoms with Gasteiger partial charge in [0.15, 0.2) is 0 Å². The third kappa shape index (κ3) is 7.56. The van der Waals surface area contributed by atoms with Gasteiger partial charge in [0.2, 0.25) is 10.6 Å². The van der Waals surface area contributed by atoms with Crippen LogP contribution in [0.2, 0.25) is 10.6 Å². The van der Waals surface area contributed by atoms with Gasteiger partial charge in [-0.2, -0.15) is 9.97 Å². The van der Waals surface area contributed by atoms with Crippen molar-refractivity contribution >= 4 is 63.2 Å². The van der Waals surface area contributed by atoms with Crippen molar-refractivity contribution in [1.82, 2.24) is 39.7 Å². The average Bonchev–Trinajstić information content (AvgIpc) is 3.46. The molecule has 4 aromatic heterocycles. The number of ether oxygens (including phenoxy) is 1. The molecule has 15 heteroatoms. The van der Waals surface area contributed by atoms with Gasteiger partial charge in [-0.1, -0.05) is 27.7 Å². The third-order valence-electron chi connectivity index (χ3n) is 7.05. The van der Waals surface area contributed by atoms with Gasteiger partial charge in [0.1, 0.15) is 28.3 Å². The number of fused-ring (bicyclic) bond motifs is 4. The monoisotopic (exact) mass is 646 g/mol. The van der Waals surface area contributed by atoms with E-state index >= 15 is 0 Å². The van der Waals surface area contributed by atoms with E-state index in [2.05, 4.69) is 44.4 Å². The van der Waals surface area contributed by atoms with E-state index in [-0.39, 0.29) is 46.7 Å². The molecule has 0 saturated heterocycles. The van der Waals surface area contributed by atoms with Crippen LogP contribution < -0.4 is 10.6 Å². The number of hydrogen-bond acceptors (Lipinski definition) is 8. The van der Waals surface area contributed by atoms with Crippen LogP contribution in [0.25, 0.3) is 22.1 Å². The number of amides is 2. The second-order valence-corrected chi connectivity index (χ2v) is 12.9. The SMILES string of the molecule is CC(C)[C@@H](Cn1c(C(=O)O)cc2cnc(Cl)nc21)NC(=O)OC(C)(C)C.CC(C)[C@H]1Cn2c(cc3cnc(Cl)nc32)C(=O)N1. The standard InChI is InChI=1S/C17H23ClN4O4.C12H13ClN4O/c1-9(2)11(20-16(25)26-17(3,4)5)8-22-12(14(23)24)6-10-7-19-15(18)21-13(10)22;1-6(2)8-5-17-9(11(18)15-8)3-7-4-14-12(13)16-10(7)17/h6-7,9,11H,8H2,1-5H3,(H,20,25)(H,23,24);3-4,6,8H,5H2,1-2H3,(H,15,18)/t11-;8-/m11/s1. The van der Waals surface area contributed by atoms with Crippen molar-refractivity contribution in [3.63, 3.8) is 0 Å². The summed E-state index contributed by atoms with van der Waals surface area (Å²) < 4.78 is 8.74. The Morgan fingerprint density at radius 3 is 2.20 bits per heavy atom. The first-order valence-corrected chi connectivity index (χ1v) is 14.9. The summed E-state index contributed by atoms with van der Waals surface area (Å²) in [6.45, 7) is 14.3. The lowest BCUT2D eigenvalue weighted by atomic mass is 10.0. The van der Waals surface area contributed by atoms with Crippen molar-refractivity contribution < 1.29 is 24.2 Å². The smallest absolute Gasteiger partial charge is 0.407 e. The molecule has 2 atom stereocenters. The summed E-state index contributed by atoms with van der Waals surface area (Å²) in [5.41, 5.74) is 1.18. The van der Waals surface area contributed by atoms with Crippen LogP contribution in [0.1, 0.15) is 69.4 Å². The Balaban J connectivity index is 0.000000213. The quantitative estimate of drug-likeness (QED) is 0.239. The van der Waals surface area contributed by atoms with E-state index in [9.17, 15) is 19.5 Å². The van der Waals surface area contributed by atoms with Crippen LogP contribution >= 0.6 is 23.2 Å². The summed E-state index contributed by atoms with van der Waals surface area (Å²) in [4.78, 5) is 52.0. The van der Waals surface area contributed by atoms with Crippen LogP contribution in [0.15, 0.2) is 24.5 Å². The van der Waals surface area contributed by atoms with E-state index in [1.165, 1.54) is 16.8 Å². The van der Waals surface area contributed by atoms with Crippen LogP contribution in [-0.4, -0.2) is 69.8 Å². The molecule has 0 aromatic carbocycles. The average molecular weight is 648 g/mol. The van der Waals surface area contributed by atoms with Gasteiger partial charge in [-0.15, -0.1) is 0 Å². The molecule has 44 heavy (non-hydrogen) atoms. The fraction of sp³-hybridized carbons (Fsp3) is 0.483. The first-order chi connectivity index (χ1) is 20.5. The van der Waals surface area contributed by atoms with Gasteiger partial charge in [0, 0.05) is 42.3 Å². The lowest BCUT2D eigenvalue weighted by Gasteiger charge is -2.28. The summed E-state index contributed by atoms with van der Waals surface area (Å²) in [5, 5.41) is 17.0. The molecule has 4 aromatic rings. The number of carboxylic acid groups (broad SMARTS) is 1. The van der Waals surface area contributed by atoms with Crippen LogP contribution in [0.5, 0.6) is 0 Å². The Hall–Kier alpha value is -3.97. The predicted molar refractivity (Wildman–Crippen MR) is 166 cm³/mol. The van der Waals surface area contributed by atoms with Crippen LogP contribution in [0.4, 0.5) is 4.79 Å². The number of alkyl carbamates (subject to hydrolysis) is 1. The lowest BCUT2D eigenvalue weighted by molar-refractivity contribution is 0.0484. The zero-order valence-corrected chi connectivity index (χ0v) is 27.1. The number of nitrogens with zero attached hydrogens (tertiary/aromatic N) is 6. The minimum atomic E-state index is -1.10. The maximum atomic E-state index is 12.1. The van der Waals surface area contributed by atoms with Gasteiger partial charge in [-0.05, 0) is 67.9 Å². The molecule has 0 spiro atoms. The van der Waals surface area contributed by atoms with Crippen LogP contribution in [0.3, 0.4) is 0 Å². The second kappa shape index (κ2) is 12.9. The molecule has 0 bridgehead atoms. The minimum absolute atomic E-state index is 0.0231. The Bertz CT molecular complexity index is 1710. The summed E-state index contributed by atoms with van der Waals surface area (Å²) in [6, 6.07) is 3.04. The van der Waals surface area contributed by atoms with Gasteiger partial charge in [0.05, 0.1) is 6.04 Å². The Labute approximate surface area is 264 Å².